The second-order valence-electron chi connectivity index (χ2n) is 2.06. The molecule has 0 aliphatic heterocycles. The van der Waals surface area contributed by atoms with Crippen molar-refractivity contribution in [3.63, 3.8) is 0 Å². The summed E-state index contributed by atoms with van der Waals surface area (Å²) in [4.78, 5) is 19.3. The van der Waals surface area contributed by atoms with Crippen LogP contribution in [0.3, 0.4) is 0 Å². The van der Waals surface area contributed by atoms with Gasteiger partial charge in [0.15, 0.2) is 0 Å². The van der Waals surface area contributed by atoms with Gasteiger partial charge in [-0.25, -0.2) is 4.79 Å². The Morgan fingerprint density at radius 1 is 1.69 bits per heavy atom. The summed E-state index contributed by atoms with van der Waals surface area (Å²) >= 11 is 2.73. The summed E-state index contributed by atoms with van der Waals surface area (Å²) in [5, 5.41) is 10.3. The van der Waals surface area contributed by atoms with E-state index in [9.17, 15) is 14.9 Å². The van der Waals surface area contributed by atoms with Gasteiger partial charge in [0.1, 0.15) is 0 Å². The number of esters is 1. The van der Waals surface area contributed by atoms with E-state index in [1.54, 1.807) is 6.92 Å². The molecule has 0 rings (SSSR count). The first kappa shape index (κ1) is 12.3. The van der Waals surface area contributed by atoms with Gasteiger partial charge in [-0.05, 0) is 6.92 Å². The number of halogens is 1. The zero-order valence-corrected chi connectivity index (χ0v) is 8.81. The lowest BCUT2D eigenvalue weighted by Crippen LogP contribution is -2.38. The van der Waals surface area contributed by atoms with E-state index in [4.69, 9.17) is 4.74 Å². The standard InChI is InChI=1S/C6H10BrNO5/c1-3-13-4(6(9)12-2)5(7)8(10)11/h4-5H,3H2,1-2H3. The minimum Gasteiger partial charge on any atom is -0.467 e. The SMILES string of the molecule is CCOC(C(=O)OC)C(Br)[N+](=O)[O-]. The lowest BCUT2D eigenvalue weighted by atomic mass is 10.3. The topological polar surface area (TPSA) is 78.7 Å². The Labute approximate surface area is 83.5 Å². The highest BCUT2D eigenvalue weighted by atomic mass is 79.9. The molecule has 0 saturated carbocycles. The smallest absolute Gasteiger partial charge is 0.343 e. The number of ether oxygens (including phenoxy) is 2. The third kappa shape index (κ3) is 3.69. The minimum atomic E-state index is -1.28. The van der Waals surface area contributed by atoms with Crippen LogP contribution in [0.2, 0.25) is 0 Å². The average molecular weight is 256 g/mol. The first-order chi connectivity index (χ1) is 6.04. The molecule has 0 aromatic heterocycles. The summed E-state index contributed by atoms with van der Waals surface area (Å²) in [5.74, 6) is -0.763. The summed E-state index contributed by atoms with van der Waals surface area (Å²) in [6, 6.07) is 0. The summed E-state index contributed by atoms with van der Waals surface area (Å²) in [7, 11) is 1.15. The Bertz CT molecular complexity index is 197. The van der Waals surface area contributed by atoms with Gasteiger partial charge in [-0.15, -0.1) is 0 Å². The van der Waals surface area contributed by atoms with Crippen molar-refractivity contribution in [3.8, 4) is 0 Å². The summed E-state index contributed by atoms with van der Waals surface area (Å²) in [6.45, 7) is 1.84. The normalized spacial score (nSPS) is 14.7. The molecule has 13 heavy (non-hydrogen) atoms. The third-order valence-electron chi connectivity index (χ3n) is 1.23. The molecule has 0 aliphatic carbocycles. The predicted octanol–water partition coefficient (Wildman–Crippen LogP) is 0.562. The van der Waals surface area contributed by atoms with Crippen molar-refractivity contribution in [3.05, 3.63) is 10.1 Å². The van der Waals surface area contributed by atoms with Crippen molar-refractivity contribution < 1.29 is 19.2 Å². The maximum Gasteiger partial charge on any atom is 0.343 e. The number of rotatable bonds is 5. The van der Waals surface area contributed by atoms with Crippen molar-refractivity contribution in [2.75, 3.05) is 13.7 Å². The molecule has 0 fully saturated rings. The zero-order chi connectivity index (χ0) is 10.4. The van der Waals surface area contributed by atoms with Gasteiger partial charge in [-0.2, -0.15) is 0 Å². The Kier molecular flexibility index (Phi) is 5.56. The second kappa shape index (κ2) is 5.87. The van der Waals surface area contributed by atoms with Gasteiger partial charge < -0.3 is 9.47 Å². The molecule has 7 heteroatoms. The van der Waals surface area contributed by atoms with Gasteiger partial charge in [0.05, 0.1) is 7.11 Å². The number of methoxy groups -OCH3 is 1. The van der Waals surface area contributed by atoms with E-state index in [0.717, 1.165) is 7.11 Å². The highest BCUT2D eigenvalue weighted by molar-refractivity contribution is 9.09. The molecule has 0 amide bonds. The molecule has 76 valence electrons. The highest BCUT2D eigenvalue weighted by Gasteiger charge is 2.36. The van der Waals surface area contributed by atoms with Crippen molar-refractivity contribution in [2.24, 2.45) is 0 Å². The van der Waals surface area contributed by atoms with E-state index in [1.807, 2.05) is 0 Å². The zero-order valence-electron chi connectivity index (χ0n) is 7.23. The Morgan fingerprint density at radius 2 is 2.23 bits per heavy atom. The number of nitrogens with zero attached hydrogens (tertiary/aromatic N) is 1. The van der Waals surface area contributed by atoms with Crippen LogP contribution in [0, 0.1) is 10.1 Å². The molecule has 0 bridgehead atoms. The fourth-order valence-corrected chi connectivity index (χ4v) is 1.03. The van der Waals surface area contributed by atoms with Crippen LogP contribution in [-0.4, -0.2) is 35.7 Å². The molecule has 2 atom stereocenters. The van der Waals surface area contributed by atoms with E-state index < -0.39 is 21.9 Å². The van der Waals surface area contributed by atoms with Gasteiger partial charge in [-0.1, -0.05) is 0 Å². The molecule has 6 nitrogen and oxygen atoms in total. The number of alkyl halides is 1. The second-order valence-corrected chi connectivity index (χ2v) is 3.00. The monoisotopic (exact) mass is 255 g/mol. The Hall–Kier alpha value is -0.690. The van der Waals surface area contributed by atoms with Crippen LogP contribution < -0.4 is 0 Å². The van der Waals surface area contributed by atoms with Crippen LogP contribution >= 0.6 is 15.9 Å². The van der Waals surface area contributed by atoms with Crippen molar-refractivity contribution in [1.82, 2.24) is 0 Å². The van der Waals surface area contributed by atoms with Crippen molar-refractivity contribution in [1.29, 1.82) is 0 Å². The van der Waals surface area contributed by atoms with E-state index >= 15 is 0 Å². The molecule has 0 aliphatic rings. The van der Waals surface area contributed by atoms with Gasteiger partial charge >= 0.3 is 10.9 Å². The summed E-state index contributed by atoms with van der Waals surface area (Å²) in [6.07, 6.45) is -1.20. The molecule has 0 saturated heterocycles. The van der Waals surface area contributed by atoms with E-state index in [2.05, 4.69) is 20.7 Å². The fourth-order valence-electron chi connectivity index (χ4n) is 0.666. The largest absolute Gasteiger partial charge is 0.467 e. The van der Waals surface area contributed by atoms with Crippen molar-refractivity contribution in [2.45, 2.75) is 18.0 Å². The van der Waals surface area contributed by atoms with Crippen LogP contribution in [0.5, 0.6) is 0 Å². The molecule has 0 aromatic rings. The number of carbonyl (C=O) groups excluding carboxylic acids is 1. The number of hydrogen-bond donors (Lipinski definition) is 0. The number of nitro groups is 1. The summed E-state index contributed by atoms with van der Waals surface area (Å²) in [5.41, 5.74) is 0. The van der Waals surface area contributed by atoms with Gasteiger partial charge in [-0.3, -0.25) is 10.1 Å². The van der Waals surface area contributed by atoms with Crippen LogP contribution in [0.1, 0.15) is 6.92 Å². The van der Waals surface area contributed by atoms with Crippen LogP contribution in [-0.2, 0) is 14.3 Å². The molecule has 0 N–H and O–H groups in total. The van der Waals surface area contributed by atoms with E-state index in [1.165, 1.54) is 0 Å². The molecule has 0 spiro atoms. The summed E-state index contributed by atoms with van der Waals surface area (Å²) < 4.78 is 9.19. The molecular weight excluding hydrogens is 246 g/mol. The molecular formula is C6H10BrNO5. The number of hydrogen-bond acceptors (Lipinski definition) is 5. The molecule has 2 unspecified atom stereocenters. The van der Waals surface area contributed by atoms with Crippen LogP contribution in [0.4, 0.5) is 0 Å². The lowest BCUT2D eigenvalue weighted by molar-refractivity contribution is -0.502. The Morgan fingerprint density at radius 3 is 2.54 bits per heavy atom. The van der Waals surface area contributed by atoms with Crippen molar-refractivity contribution >= 4 is 21.9 Å². The molecule has 0 radical (unpaired) electrons. The maximum absolute atomic E-state index is 11.0. The van der Waals surface area contributed by atoms with E-state index in [0.29, 0.717) is 0 Å². The molecule has 0 heterocycles. The van der Waals surface area contributed by atoms with Crippen LogP contribution in [0.15, 0.2) is 0 Å². The molecule has 0 aromatic carbocycles. The highest BCUT2D eigenvalue weighted by Crippen LogP contribution is 2.11. The quantitative estimate of drug-likeness (QED) is 0.236. The van der Waals surface area contributed by atoms with Crippen LogP contribution in [0.25, 0.3) is 0 Å². The van der Waals surface area contributed by atoms with Gasteiger partial charge in [0.2, 0.25) is 6.10 Å². The number of carbonyl (C=O) groups is 1. The van der Waals surface area contributed by atoms with E-state index in [-0.39, 0.29) is 6.61 Å². The fraction of sp³-hybridized carbons (Fsp3) is 0.833. The maximum atomic E-state index is 11.0. The van der Waals surface area contributed by atoms with Gasteiger partial charge in [0, 0.05) is 27.5 Å². The lowest BCUT2D eigenvalue weighted by Gasteiger charge is -2.13. The first-order valence-corrected chi connectivity index (χ1v) is 4.43. The minimum absolute atomic E-state index is 0.204. The predicted molar refractivity (Wildman–Crippen MR) is 47.1 cm³/mol. The Balaban J connectivity index is 4.40. The first-order valence-electron chi connectivity index (χ1n) is 3.51. The van der Waals surface area contributed by atoms with Gasteiger partial charge in [0.25, 0.3) is 0 Å². The third-order valence-corrected chi connectivity index (χ3v) is 2.05. The average Bonchev–Trinajstić information content (AvgIpc) is 2.11.